The van der Waals surface area contributed by atoms with E-state index in [1.54, 1.807) is 0 Å². The molecule has 1 aliphatic rings. The fourth-order valence-corrected chi connectivity index (χ4v) is 2.45. The van der Waals surface area contributed by atoms with Gasteiger partial charge in [0, 0.05) is 18.8 Å². The van der Waals surface area contributed by atoms with Gasteiger partial charge in [-0.1, -0.05) is 20.8 Å². The maximum atomic E-state index is 12.0. The normalized spacial score (nSPS) is 17.6. The molecule has 1 amide bonds. The standard InChI is InChI=1S/C15H26N4O/c1-11(2)13-10-14(18-17-13)15(20)16-6-9-19-7-4-12(3)5-8-19/h10-12H,4-9H2,1-3H3,(H,16,20)(H,17,18). The molecule has 0 spiro atoms. The Bertz CT molecular complexity index is 433. The van der Waals surface area contributed by atoms with E-state index in [0.29, 0.717) is 18.2 Å². The molecule has 0 aliphatic carbocycles. The smallest absolute Gasteiger partial charge is 0.271 e. The van der Waals surface area contributed by atoms with Crippen molar-refractivity contribution in [3.63, 3.8) is 0 Å². The highest BCUT2D eigenvalue weighted by atomic mass is 16.1. The first kappa shape index (κ1) is 15.0. The van der Waals surface area contributed by atoms with E-state index in [9.17, 15) is 4.79 Å². The summed E-state index contributed by atoms with van der Waals surface area (Å²) in [5, 5.41) is 9.92. The first-order valence-electron chi connectivity index (χ1n) is 7.62. The largest absolute Gasteiger partial charge is 0.349 e. The van der Waals surface area contributed by atoms with Crippen LogP contribution >= 0.6 is 0 Å². The van der Waals surface area contributed by atoms with Crippen molar-refractivity contribution in [2.75, 3.05) is 26.2 Å². The second kappa shape index (κ2) is 6.88. The van der Waals surface area contributed by atoms with Crippen LogP contribution in [0.4, 0.5) is 0 Å². The molecule has 2 rings (SSSR count). The Morgan fingerprint density at radius 2 is 2.20 bits per heavy atom. The SMILES string of the molecule is CC1CCN(CCNC(=O)c2cc(C(C)C)[nH]n2)CC1. The number of hydrogen-bond acceptors (Lipinski definition) is 3. The van der Waals surface area contributed by atoms with Gasteiger partial charge in [0.1, 0.15) is 5.69 Å². The van der Waals surface area contributed by atoms with Crippen molar-refractivity contribution < 1.29 is 4.79 Å². The van der Waals surface area contributed by atoms with Crippen LogP contribution in [-0.2, 0) is 0 Å². The molecule has 0 radical (unpaired) electrons. The number of nitrogens with one attached hydrogen (secondary N) is 2. The van der Waals surface area contributed by atoms with E-state index in [1.807, 2.05) is 6.07 Å². The molecule has 112 valence electrons. The maximum Gasteiger partial charge on any atom is 0.271 e. The monoisotopic (exact) mass is 278 g/mol. The second-order valence-electron chi connectivity index (χ2n) is 6.14. The summed E-state index contributed by atoms with van der Waals surface area (Å²) in [6, 6.07) is 1.84. The average Bonchev–Trinajstić information content (AvgIpc) is 2.91. The number of carbonyl (C=O) groups excluding carboxylic acids is 1. The molecular weight excluding hydrogens is 252 g/mol. The van der Waals surface area contributed by atoms with Crippen LogP contribution < -0.4 is 5.32 Å². The van der Waals surface area contributed by atoms with E-state index in [-0.39, 0.29) is 5.91 Å². The Hall–Kier alpha value is -1.36. The predicted octanol–water partition coefficient (Wildman–Crippen LogP) is 1.99. The average molecular weight is 278 g/mol. The third kappa shape index (κ3) is 4.07. The molecule has 1 aliphatic heterocycles. The molecule has 1 fully saturated rings. The molecule has 0 aromatic carbocycles. The van der Waals surface area contributed by atoms with Gasteiger partial charge in [0.05, 0.1) is 0 Å². The lowest BCUT2D eigenvalue weighted by atomic mass is 9.99. The number of amides is 1. The Morgan fingerprint density at radius 3 is 2.80 bits per heavy atom. The molecule has 0 atom stereocenters. The van der Waals surface area contributed by atoms with Crippen LogP contribution in [0.25, 0.3) is 0 Å². The second-order valence-corrected chi connectivity index (χ2v) is 6.14. The predicted molar refractivity (Wildman–Crippen MR) is 79.8 cm³/mol. The molecule has 1 aromatic rings. The molecule has 1 aromatic heterocycles. The van der Waals surface area contributed by atoms with Crippen molar-refractivity contribution in [3.8, 4) is 0 Å². The number of aromatic amines is 1. The first-order valence-corrected chi connectivity index (χ1v) is 7.62. The van der Waals surface area contributed by atoms with Gasteiger partial charge in [-0.15, -0.1) is 0 Å². The lowest BCUT2D eigenvalue weighted by Gasteiger charge is -2.30. The molecule has 20 heavy (non-hydrogen) atoms. The van der Waals surface area contributed by atoms with Crippen LogP contribution in [0.15, 0.2) is 6.07 Å². The van der Waals surface area contributed by atoms with Gasteiger partial charge in [-0.3, -0.25) is 9.89 Å². The van der Waals surface area contributed by atoms with Gasteiger partial charge in [-0.25, -0.2) is 0 Å². The quantitative estimate of drug-likeness (QED) is 0.866. The number of carbonyl (C=O) groups is 1. The first-order chi connectivity index (χ1) is 9.56. The Labute approximate surface area is 121 Å². The minimum Gasteiger partial charge on any atom is -0.349 e. The van der Waals surface area contributed by atoms with E-state index in [4.69, 9.17) is 0 Å². The summed E-state index contributed by atoms with van der Waals surface area (Å²) in [5.74, 6) is 1.12. The number of aromatic nitrogens is 2. The Kier molecular flexibility index (Phi) is 5.17. The number of piperidine rings is 1. The van der Waals surface area contributed by atoms with Gasteiger partial charge < -0.3 is 10.2 Å². The van der Waals surface area contributed by atoms with Crippen molar-refractivity contribution in [2.24, 2.45) is 5.92 Å². The highest BCUT2D eigenvalue weighted by Gasteiger charge is 2.16. The van der Waals surface area contributed by atoms with E-state index >= 15 is 0 Å². The molecule has 2 N–H and O–H groups in total. The van der Waals surface area contributed by atoms with Crippen LogP contribution in [-0.4, -0.2) is 47.2 Å². The van der Waals surface area contributed by atoms with Crippen LogP contribution in [0.1, 0.15) is 55.7 Å². The molecule has 0 saturated carbocycles. The number of likely N-dealkylation sites (tertiary alicyclic amines) is 1. The van der Waals surface area contributed by atoms with Crippen molar-refractivity contribution in [1.29, 1.82) is 0 Å². The number of hydrogen-bond donors (Lipinski definition) is 2. The highest BCUT2D eigenvalue weighted by Crippen LogP contribution is 2.15. The fraction of sp³-hybridized carbons (Fsp3) is 0.733. The molecule has 0 unspecified atom stereocenters. The third-order valence-corrected chi connectivity index (χ3v) is 4.04. The summed E-state index contributed by atoms with van der Waals surface area (Å²) in [4.78, 5) is 14.4. The summed E-state index contributed by atoms with van der Waals surface area (Å²) >= 11 is 0. The van der Waals surface area contributed by atoms with Gasteiger partial charge in [-0.05, 0) is 43.8 Å². The van der Waals surface area contributed by atoms with Crippen LogP contribution in [0.2, 0.25) is 0 Å². The lowest BCUT2D eigenvalue weighted by molar-refractivity contribution is 0.0939. The number of H-pyrrole nitrogens is 1. The number of rotatable bonds is 5. The third-order valence-electron chi connectivity index (χ3n) is 4.04. The molecule has 2 heterocycles. The zero-order valence-electron chi connectivity index (χ0n) is 12.8. The van der Waals surface area contributed by atoms with Crippen molar-refractivity contribution in [3.05, 3.63) is 17.5 Å². The molecule has 5 heteroatoms. The number of nitrogens with zero attached hydrogens (tertiary/aromatic N) is 2. The molecule has 0 bridgehead atoms. The van der Waals surface area contributed by atoms with Gasteiger partial charge in [0.15, 0.2) is 0 Å². The van der Waals surface area contributed by atoms with E-state index in [1.165, 1.54) is 12.8 Å². The summed E-state index contributed by atoms with van der Waals surface area (Å²) in [5.41, 5.74) is 1.49. The van der Waals surface area contributed by atoms with Gasteiger partial charge in [-0.2, -0.15) is 5.10 Å². The van der Waals surface area contributed by atoms with Gasteiger partial charge in [0.25, 0.3) is 5.91 Å². The van der Waals surface area contributed by atoms with Crippen LogP contribution in [0.3, 0.4) is 0 Å². The van der Waals surface area contributed by atoms with Gasteiger partial charge >= 0.3 is 0 Å². The minimum atomic E-state index is -0.0847. The van der Waals surface area contributed by atoms with Crippen molar-refractivity contribution in [2.45, 2.75) is 39.5 Å². The molecule has 5 nitrogen and oxygen atoms in total. The zero-order chi connectivity index (χ0) is 14.5. The molecule has 1 saturated heterocycles. The van der Waals surface area contributed by atoms with Crippen molar-refractivity contribution >= 4 is 5.91 Å². The topological polar surface area (TPSA) is 61.0 Å². The Morgan fingerprint density at radius 1 is 1.50 bits per heavy atom. The van der Waals surface area contributed by atoms with E-state index in [0.717, 1.165) is 31.2 Å². The zero-order valence-corrected chi connectivity index (χ0v) is 12.8. The summed E-state index contributed by atoms with van der Waals surface area (Å²) < 4.78 is 0. The highest BCUT2D eigenvalue weighted by molar-refractivity contribution is 5.92. The van der Waals surface area contributed by atoms with Crippen LogP contribution in [0.5, 0.6) is 0 Å². The summed E-state index contributed by atoms with van der Waals surface area (Å²) in [6.07, 6.45) is 2.54. The van der Waals surface area contributed by atoms with Crippen LogP contribution in [0, 0.1) is 5.92 Å². The molecular formula is C15H26N4O. The van der Waals surface area contributed by atoms with Gasteiger partial charge in [0.2, 0.25) is 0 Å². The Balaban J connectivity index is 1.72. The van der Waals surface area contributed by atoms with Crippen molar-refractivity contribution in [1.82, 2.24) is 20.4 Å². The fourth-order valence-electron chi connectivity index (χ4n) is 2.45. The minimum absolute atomic E-state index is 0.0847. The lowest BCUT2D eigenvalue weighted by Crippen LogP contribution is -2.39. The maximum absolute atomic E-state index is 12.0. The van der Waals surface area contributed by atoms with E-state index < -0.39 is 0 Å². The summed E-state index contributed by atoms with van der Waals surface area (Å²) in [7, 11) is 0. The summed E-state index contributed by atoms with van der Waals surface area (Å²) in [6.45, 7) is 10.4. The van der Waals surface area contributed by atoms with E-state index in [2.05, 4.69) is 41.2 Å².